The largest absolute Gasteiger partial charge is 0.454 e. The number of ether oxygens (including phenoxy) is 3. The predicted molar refractivity (Wildman–Crippen MR) is 80.0 cm³/mol. The molecular weight excluding hydrogens is 282 g/mol. The molecule has 1 unspecified atom stereocenters. The fourth-order valence-corrected chi connectivity index (χ4v) is 3.60. The van der Waals surface area contributed by atoms with E-state index in [9.17, 15) is 4.79 Å². The van der Waals surface area contributed by atoms with Crippen LogP contribution in [0, 0.1) is 5.92 Å². The summed E-state index contributed by atoms with van der Waals surface area (Å²) in [6.07, 6.45) is 2.75. The average Bonchev–Trinajstić information content (AvgIpc) is 3.23. The van der Waals surface area contributed by atoms with Gasteiger partial charge in [0, 0.05) is 38.1 Å². The molecule has 2 fully saturated rings. The van der Waals surface area contributed by atoms with Gasteiger partial charge in [0.2, 0.25) is 12.7 Å². The van der Waals surface area contributed by atoms with Crippen molar-refractivity contribution in [3.8, 4) is 11.5 Å². The van der Waals surface area contributed by atoms with Crippen molar-refractivity contribution in [3.05, 3.63) is 23.8 Å². The van der Waals surface area contributed by atoms with Crippen molar-refractivity contribution >= 4 is 5.91 Å². The van der Waals surface area contributed by atoms with Gasteiger partial charge in [0.1, 0.15) is 0 Å². The molecule has 0 spiro atoms. The third kappa shape index (κ3) is 2.54. The summed E-state index contributed by atoms with van der Waals surface area (Å²) in [7, 11) is 0. The van der Waals surface area contributed by atoms with E-state index < -0.39 is 0 Å². The number of amides is 1. The van der Waals surface area contributed by atoms with Gasteiger partial charge >= 0.3 is 0 Å². The summed E-state index contributed by atoms with van der Waals surface area (Å²) in [5, 5.41) is 0. The first kappa shape index (κ1) is 13.9. The molecule has 5 heteroatoms. The van der Waals surface area contributed by atoms with Crippen molar-refractivity contribution < 1.29 is 19.0 Å². The Bertz CT molecular complexity index is 568. The van der Waals surface area contributed by atoms with Crippen molar-refractivity contribution in [3.63, 3.8) is 0 Å². The van der Waals surface area contributed by atoms with Gasteiger partial charge in [-0.05, 0) is 37.0 Å². The highest BCUT2D eigenvalue weighted by molar-refractivity contribution is 5.79. The first-order valence-corrected chi connectivity index (χ1v) is 8.07. The Morgan fingerprint density at radius 3 is 2.77 bits per heavy atom. The predicted octanol–water partition coefficient (Wildman–Crippen LogP) is 2.16. The second-order valence-electron chi connectivity index (χ2n) is 6.27. The van der Waals surface area contributed by atoms with Gasteiger partial charge in [-0.1, -0.05) is 6.07 Å². The summed E-state index contributed by atoms with van der Waals surface area (Å²) in [6.45, 7) is 3.41. The summed E-state index contributed by atoms with van der Waals surface area (Å²) < 4.78 is 16.2. The topological polar surface area (TPSA) is 48.0 Å². The van der Waals surface area contributed by atoms with Crippen LogP contribution in [0.4, 0.5) is 0 Å². The van der Waals surface area contributed by atoms with Gasteiger partial charge in [-0.25, -0.2) is 0 Å². The first-order chi connectivity index (χ1) is 10.8. The number of rotatable bonds is 2. The Labute approximate surface area is 130 Å². The third-order valence-corrected chi connectivity index (χ3v) is 4.94. The van der Waals surface area contributed by atoms with Crippen LogP contribution in [0.5, 0.6) is 11.5 Å². The minimum absolute atomic E-state index is 0.157. The number of nitrogens with zero attached hydrogens (tertiary/aromatic N) is 1. The molecule has 1 atom stereocenters. The average molecular weight is 303 g/mol. The van der Waals surface area contributed by atoms with E-state index in [-0.39, 0.29) is 5.92 Å². The van der Waals surface area contributed by atoms with Crippen molar-refractivity contribution in [2.24, 2.45) is 5.92 Å². The molecular formula is C17H21NO4. The first-order valence-electron chi connectivity index (χ1n) is 8.07. The van der Waals surface area contributed by atoms with E-state index in [2.05, 4.69) is 12.1 Å². The molecule has 1 aromatic carbocycles. The highest BCUT2D eigenvalue weighted by Crippen LogP contribution is 2.37. The van der Waals surface area contributed by atoms with Crippen LogP contribution in [0.3, 0.4) is 0 Å². The van der Waals surface area contributed by atoms with E-state index in [1.54, 1.807) is 0 Å². The van der Waals surface area contributed by atoms with Gasteiger partial charge in [0.25, 0.3) is 0 Å². The van der Waals surface area contributed by atoms with Crippen molar-refractivity contribution in [2.45, 2.75) is 25.2 Å². The molecule has 3 aliphatic rings. The molecule has 0 saturated carbocycles. The van der Waals surface area contributed by atoms with E-state index in [4.69, 9.17) is 14.2 Å². The molecule has 1 aromatic rings. The minimum Gasteiger partial charge on any atom is -0.454 e. The molecule has 3 heterocycles. The highest BCUT2D eigenvalue weighted by Gasteiger charge is 2.32. The zero-order chi connectivity index (χ0) is 14.9. The SMILES string of the molecule is O=C(C1CCOCC1)N1CCC(c2ccc3c(c2)OCO3)C1. The Morgan fingerprint density at radius 2 is 1.91 bits per heavy atom. The van der Waals surface area contributed by atoms with Crippen molar-refractivity contribution in [2.75, 3.05) is 33.1 Å². The summed E-state index contributed by atoms with van der Waals surface area (Å²) in [5.74, 6) is 2.51. The number of benzene rings is 1. The van der Waals surface area contributed by atoms with Gasteiger partial charge in [0.05, 0.1) is 0 Å². The molecule has 5 nitrogen and oxygen atoms in total. The number of carbonyl (C=O) groups excluding carboxylic acids is 1. The fraction of sp³-hybridized carbons (Fsp3) is 0.588. The maximum atomic E-state index is 12.6. The van der Waals surface area contributed by atoms with Gasteiger partial charge in [-0.15, -0.1) is 0 Å². The highest BCUT2D eigenvalue weighted by atomic mass is 16.7. The summed E-state index contributed by atoms with van der Waals surface area (Å²) >= 11 is 0. The number of hydrogen-bond donors (Lipinski definition) is 0. The lowest BCUT2D eigenvalue weighted by Crippen LogP contribution is -2.37. The number of carbonyl (C=O) groups is 1. The number of fused-ring (bicyclic) bond motifs is 1. The Balaban J connectivity index is 1.42. The Kier molecular flexibility index (Phi) is 3.66. The van der Waals surface area contributed by atoms with Crippen LogP contribution < -0.4 is 9.47 Å². The molecule has 4 rings (SSSR count). The molecule has 0 aromatic heterocycles. The summed E-state index contributed by atoms with van der Waals surface area (Å²) in [5.41, 5.74) is 1.24. The lowest BCUT2D eigenvalue weighted by molar-refractivity contribution is -0.137. The molecule has 2 saturated heterocycles. The molecule has 3 aliphatic heterocycles. The Morgan fingerprint density at radius 1 is 1.09 bits per heavy atom. The molecule has 0 aliphatic carbocycles. The normalized spacial score (nSPS) is 24.7. The zero-order valence-electron chi connectivity index (χ0n) is 12.6. The second-order valence-corrected chi connectivity index (χ2v) is 6.27. The maximum Gasteiger partial charge on any atom is 0.231 e. The number of likely N-dealkylation sites (tertiary alicyclic amines) is 1. The number of hydrogen-bond acceptors (Lipinski definition) is 4. The Hall–Kier alpha value is -1.75. The molecule has 1 amide bonds. The van der Waals surface area contributed by atoms with Crippen molar-refractivity contribution in [1.29, 1.82) is 0 Å². The monoisotopic (exact) mass is 303 g/mol. The zero-order valence-corrected chi connectivity index (χ0v) is 12.6. The lowest BCUT2D eigenvalue weighted by atomic mass is 9.97. The fourth-order valence-electron chi connectivity index (χ4n) is 3.60. The smallest absolute Gasteiger partial charge is 0.231 e. The van der Waals surface area contributed by atoms with Gasteiger partial charge < -0.3 is 19.1 Å². The van der Waals surface area contributed by atoms with E-state index in [1.165, 1.54) is 5.56 Å². The van der Waals surface area contributed by atoms with Crippen LogP contribution in [-0.4, -0.2) is 43.9 Å². The maximum absolute atomic E-state index is 12.6. The van der Waals surface area contributed by atoms with E-state index >= 15 is 0 Å². The van der Waals surface area contributed by atoms with Crippen LogP contribution in [-0.2, 0) is 9.53 Å². The van der Waals surface area contributed by atoms with E-state index in [1.807, 2.05) is 11.0 Å². The lowest BCUT2D eigenvalue weighted by Gasteiger charge is -2.26. The van der Waals surface area contributed by atoms with E-state index in [0.29, 0.717) is 18.6 Å². The van der Waals surface area contributed by atoms with Crippen LogP contribution in [0.15, 0.2) is 18.2 Å². The van der Waals surface area contributed by atoms with Crippen molar-refractivity contribution in [1.82, 2.24) is 4.90 Å². The second kappa shape index (κ2) is 5.80. The van der Waals surface area contributed by atoms with Crippen LogP contribution >= 0.6 is 0 Å². The molecule has 22 heavy (non-hydrogen) atoms. The van der Waals surface area contributed by atoms with Gasteiger partial charge in [0.15, 0.2) is 11.5 Å². The van der Waals surface area contributed by atoms with Gasteiger partial charge in [-0.2, -0.15) is 0 Å². The van der Waals surface area contributed by atoms with Crippen LogP contribution in [0.2, 0.25) is 0 Å². The molecule has 0 N–H and O–H groups in total. The van der Waals surface area contributed by atoms with Crippen LogP contribution in [0.25, 0.3) is 0 Å². The molecule has 0 radical (unpaired) electrons. The molecule has 0 bridgehead atoms. The van der Waals surface area contributed by atoms with Crippen LogP contribution in [0.1, 0.15) is 30.7 Å². The molecule has 118 valence electrons. The summed E-state index contributed by atoms with van der Waals surface area (Å²) in [4.78, 5) is 14.6. The standard InChI is InChI=1S/C17H21NO4/c19-17(12-4-7-20-8-5-12)18-6-3-14(10-18)13-1-2-15-16(9-13)22-11-21-15/h1-2,9,12,14H,3-8,10-11H2. The van der Waals surface area contributed by atoms with Gasteiger partial charge in [-0.3, -0.25) is 4.79 Å². The third-order valence-electron chi connectivity index (χ3n) is 4.94. The minimum atomic E-state index is 0.157. The summed E-state index contributed by atoms with van der Waals surface area (Å²) in [6, 6.07) is 6.14. The quantitative estimate of drug-likeness (QED) is 0.840. The van der Waals surface area contributed by atoms with E-state index in [0.717, 1.165) is 57.1 Å².